The Morgan fingerprint density at radius 3 is 2.86 bits per heavy atom. The molecule has 1 saturated carbocycles. The lowest BCUT2D eigenvalue weighted by Gasteiger charge is -2.20. The number of imidazole rings is 1. The van der Waals surface area contributed by atoms with Crippen LogP contribution in [0, 0.1) is 5.82 Å². The molecule has 0 unspecified atom stereocenters. The minimum absolute atomic E-state index is 0.0375. The van der Waals surface area contributed by atoms with Crippen LogP contribution < -0.4 is 15.0 Å². The van der Waals surface area contributed by atoms with Crippen LogP contribution in [0.5, 0.6) is 5.75 Å². The molecule has 3 aromatic heterocycles. The number of carbonyl (C=O) groups excluding carboxylic acids is 1. The second-order valence-corrected chi connectivity index (χ2v) is 9.01. The number of amides is 1. The van der Waals surface area contributed by atoms with Gasteiger partial charge in [0.25, 0.3) is 5.91 Å². The number of anilines is 1. The lowest BCUT2D eigenvalue weighted by molar-refractivity contribution is 0.0945. The Morgan fingerprint density at radius 1 is 1.19 bits per heavy atom. The molecule has 1 fully saturated rings. The highest BCUT2D eigenvalue weighted by Crippen LogP contribution is 2.39. The zero-order chi connectivity index (χ0) is 24.6. The third-order valence-corrected chi connectivity index (χ3v) is 6.50. The summed E-state index contributed by atoms with van der Waals surface area (Å²) in [6, 6.07) is 7.49. The number of hydrogen-bond acceptors (Lipinski definition) is 7. The van der Waals surface area contributed by atoms with Crippen LogP contribution >= 0.6 is 0 Å². The molecule has 0 radical (unpaired) electrons. The van der Waals surface area contributed by atoms with Crippen LogP contribution in [-0.2, 0) is 13.1 Å². The molecule has 0 bridgehead atoms. The number of methoxy groups -OCH3 is 1. The number of benzene rings is 1. The molecule has 4 aromatic rings. The number of nitrogens with zero attached hydrogens (tertiary/aromatic N) is 7. The van der Waals surface area contributed by atoms with Gasteiger partial charge in [-0.05, 0) is 42.5 Å². The molecule has 2 aliphatic rings. The Morgan fingerprint density at radius 2 is 2.08 bits per heavy atom. The average molecular weight is 489 g/mol. The molecule has 11 heteroatoms. The summed E-state index contributed by atoms with van der Waals surface area (Å²) in [6.45, 7) is 1.62. The summed E-state index contributed by atoms with van der Waals surface area (Å²) in [6.07, 6.45) is 9.82. The van der Waals surface area contributed by atoms with E-state index in [4.69, 9.17) is 4.74 Å². The van der Waals surface area contributed by atoms with Crippen molar-refractivity contribution in [3.8, 4) is 5.75 Å². The zero-order valence-corrected chi connectivity index (χ0v) is 19.8. The smallest absolute Gasteiger partial charge is 0.273 e. The largest absolute Gasteiger partial charge is 0.494 e. The number of hydrogen-bond donors (Lipinski definition) is 1. The minimum Gasteiger partial charge on any atom is -0.494 e. The third kappa shape index (κ3) is 4.28. The highest BCUT2D eigenvalue weighted by molar-refractivity contribution is 5.92. The van der Waals surface area contributed by atoms with Gasteiger partial charge in [-0.1, -0.05) is 11.3 Å². The van der Waals surface area contributed by atoms with Crippen molar-refractivity contribution in [3.05, 3.63) is 71.2 Å². The molecule has 1 aromatic carbocycles. The molecule has 1 aliphatic carbocycles. The number of halogens is 1. The van der Waals surface area contributed by atoms with E-state index < -0.39 is 11.7 Å². The van der Waals surface area contributed by atoms with Crippen LogP contribution in [0.15, 0.2) is 47.8 Å². The van der Waals surface area contributed by atoms with Gasteiger partial charge in [-0.3, -0.25) is 9.79 Å². The molecule has 0 atom stereocenters. The maximum atomic E-state index is 15.1. The summed E-state index contributed by atoms with van der Waals surface area (Å²) in [5, 5.41) is 10.8. The van der Waals surface area contributed by atoms with Gasteiger partial charge in [0.05, 0.1) is 44.1 Å². The van der Waals surface area contributed by atoms with E-state index in [9.17, 15) is 4.79 Å². The van der Waals surface area contributed by atoms with E-state index in [2.05, 4.69) is 37.9 Å². The van der Waals surface area contributed by atoms with E-state index in [1.165, 1.54) is 25.5 Å². The van der Waals surface area contributed by atoms with E-state index in [0.717, 1.165) is 11.3 Å². The molecular weight excluding hydrogens is 463 g/mol. The van der Waals surface area contributed by atoms with Crippen molar-refractivity contribution >= 4 is 23.6 Å². The SMILES string of the molecule is COc1ccc(N2C=NCC2)c(CNC(=O)c2cn(Cc3cn4cc(C5CC5)ccc4n3)nn2)c1F. The maximum absolute atomic E-state index is 15.1. The first-order chi connectivity index (χ1) is 17.6. The van der Waals surface area contributed by atoms with E-state index in [1.54, 1.807) is 29.3 Å². The number of carbonyl (C=O) groups is 1. The third-order valence-electron chi connectivity index (χ3n) is 6.50. The Balaban J connectivity index is 1.15. The Labute approximate surface area is 206 Å². The van der Waals surface area contributed by atoms with Crippen LogP contribution in [0.3, 0.4) is 0 Å². The van der Waals surface area contributed by atoms with E-state index in [1.807, 2.05) is 21.6 Å². The van der Waals surface area contributed by atoms with Gasteiger partial charge >= 0.3 is 0 Å². The van der Waals surface area contributed by atoms with Crippen molar-refractivity contribution in [3.63, 3.8) is 0 Å². The lowest BCUT2D eigenvalue weighted by Crippen LogP contribution is -2.27. The molecule has 4 heterocycles. The summed E-state index contributed by atoms with van der Waals surface area (Å²) in [5.74, 6) is -0.187. The molecule has 184 valence electrons. The minimum atomic E-state index is -0.518. The van der Waals surface area contributed by atoms with Crippen LogP contribution in [0.1, 0.15) is 46.1 Å². The topological polar surface area (TPSA) is 102 Å². The first-order valence-electron chi connectivity index (χ1n) is 11.9. The fourth-order valence-corrected chi connectivity index (χ4v) is 4.45. The standard InChI is InChI=1S/C25H25FN8O2/c1-36-22-6-5-21(32-9-8-27-15-32)19(24(22)26)10-28-25(35)20-14-34(31-30-20)13-18-12-33-11-17(16-2-3-16)4-7-23(33)29-18/h4-7,11-12,14-16H,2-3,8-10,13H2,1H3,(H,28,35). The monoisotopic (exact) mass is 488 g/mol. The van der Waals surface area contributed by atoms with E-state index in [-0.39, 0.29) is 18.0 Å². The van der Waals surface area contributed by atoms with Gasteiger partial charge in [-0.25, -0.2) is 14.1 Å². The Bertz CT molecular complexity index is 1470. The molecule has 36 heavy (non-hydrogen) atoms. The predicted octanol–water partition coefficient (Wildman–Crippen LogP) is 2.78. The quantitative estimate of drug-likeness (QED) is 0.409. The summed E-state index contributed by atoms with van der Waals surface area (Å²) < 4.78 is 23.8. The number of pyridine rings is 1. The van der Waals surface area contributed by atoms with Crippen molar-refractivity contribution in [2.45, 2.75) is 31.8 Å². The summed E-state index contributed by atoms with van der Waals surface area (Å²) in [7, 11) is 1.41. The van der Waals surface area contributed by atoms with Gasteiger partial charge in [0.1, 0.15) is 5.65 Å². The molecular formula is C25H25FN8O2. The number of ether oxygens (including phenoxy) is 1. The van der Waals surface area contributed by atoms with Crippen LogP contribution in [0.25, 0.3) is 5.65 Å². The van der Waals surface area contributed by atoms with Crippen molar-refractivity contribution in [2.75, 3.05) is 25.1 Å². The summed E-state index contributed by atoms with van der Waals surface area (Å²) in [5.41, 5.74) is 4.11. The lowest BCUT2D eigenvalue weighted by atomic mass is 10.1. The van der Waals surface area contributed by atoms with Crippen molar-refractivity contribution < 1.29 is 13.9 Å². The maximum Gasteiger partial charge on any atom is 0.273 e. The molecule has 0 saturated heterocycles. The van der Waals surface area contributed by atoms with Crippen LogP contribution in [0.4, 0.5) is 10.1 Å². The molecule has 1 N–H and O–H groups in total. The molecule has 1 aliphatic heterocycles. The highest BCUT2D eigenvalue weighted by atomic mass is 19.1. The van der Waals surface area contributed by atoms with E-state index >= 15 is 4.39 Å². The summed E-state index contributed by atoms with van der Waals surface area (Å²) in [4.78, 5) is 23.5. The van der Waals surface area contributed by atoms with Gasteiger partial charge in [0.15, 0.2) is 17.3 Å². The van der Waals surface area contributed by atoms with E-state index in [0.29, 0.717) is 36.8 Å². The fourth-order valence-electron chi connectivity index (χ4n) is 4.45. The molecule has 6 rings (SSSR count). The highest BCUT2D eigenvalue weighted by Gasteiger charge is 2.24. The van der Waals surface area contributed by atoms with Gasteiger partial charge in [0.2, 0.25) is 0 Å². The van der Waals surface area contributed by atoms with Crippen molar-refractivity contribution in [1.82, 2.24) is 29.7 Å². The zero-order valence-electron chi connectivity index (χ0n) is 19.8. The second kappa shape index (κ2) is 9.06. The average Bonchev–Trinajstić information content (AvgIpc) is 3.24. The predicted molar refractivity (Wildman–Crippen MR) is 131 cm³/mol. The number of aliphatic imine (C=N–C) groups is 1. The fraction of sp³-hybridized carbons (Fsp3) is 0.320. The number of rotatable bonds is 8. The first-order valence-corrected chi connectivity index (χ1v) is 11.9. The Hall–Kier alpha value is -4.28. The van der Waals surface area contributed by atoms with Gasteiger partial charge in [0, 0.05) is 31.0 Å². The number of nitrogens with one attached hydrogen (secondary N) is 1. The second-order valence-electron chi connectivity index (χ2n) is 9.01. The Kier molecular flexibility index (Phi) is 5.59. The normalized spacial score (nSPS) is 15.1. The summed E-state index contributed by atoms with van der Waals surface area (Å²) >= 11 is 0. The van der Waals surface area contributed by atoms with Gasteiger partial charge in [-0.15, -0.1) is 5.10 Å². The van der Waals surface area contributed by atoms with Crippen molar-refractivity contribution in [2.24, 2.45) is 4.99 Å². The molecule has 10 nitrogen and oxygen atoms in total. The van der Waals surface area contributed by atoms with Crippen LogP contribution in [0.2, 0.25) is 0 Å². The number of fused-ring (bicyclic) bond motifs is 1. The molecule has 1 amide bonds. The van der Waals surface area contributed by atoms with Crippen molar-refractivity contribution in [1.29, 1.82) is 0 Å². The molecule has 0 spiro atoms. The first kappa shape index (κ1) is 22.2. The van der Waals surface area contributed by atoms with Crippen LogP contribution in [-0.4, -0.2) is 56.8 Å². The number of aromatic nitrogens is 5. The van der Waals surface area contributed by atoms with Gasteiger partial charge in [-0.2, -0.15) is 0 Å². The van der Waals surface area contributed by atoms with Gasteiger partial charge < -0.3 is 19.4 Å².